The summed E-state index contributed by atoms with van der Waals surface area (Å²) in [6.07, 6.45) is 1.61. The molecule has 2 aromatic carbocycles. The molecule has 1 heterocycles. The zero-order chi connectivity index (χ0) is 18.5. The van der Waals surface area contributed by atoms with Crippen molar-refractivity contribution in [3.05, 3.63) is 64.7 Å². The van der Waals surface area contributed by atoms with Crippen LogP contribution in [0.3, 0.4) is 0 Å². The summed E-state index contributed by atoms with van der Waals surface area (Å²) in [6.45, 7) is 6.09. The number of carbonyl (C=O) groups excluding carboxylic acids is 1. The number of nitrogens with zero attached hydrogens (tertiary/aromatic N) is 2. The van der Waals surface area contributed by atoms with Crippen LogP contribution in [0.5, 0.6) is 0 Å². The highest BCUT2D eigenvalue weighted by molar-refractivity contribution is 5.92. The Bertz CT molecular complexity index is 808. The molecule has 26 heavy (non-hydrogen) atoms. The minimum Gasteiger partial charge on any atom is -0.370 e. The second-order valence-electron chi connectivity index (χ2n) is 6.89. The van der Waals surface area contributed by atoms with Crippen molar-refractivity contribution in [1.29, 1.82) is 0 Å². The number of guanidine groups is 1. The summed E-state index contributed by atoms with van der Waals surface area (Å²) < 4.78 is 0. The van der Waals surface area contributed by atoms with Crippen LogP contribution in [0.2, 0.25) is 0 Å². The van der Waals surface area contributed by atoms with Crippen LogP contribution in [-0.4, -0.2) is 23.3 Å². The monoisotopic (exact) mass is 350 g/mol. The van der Waals surface area contributed by atoms with Gasteiger partial charge in [-0.1, -0.05) is 30.3 Å². The number of amides is 1. The van der Waals surface area contributed by atoms with Crippen molar-refractivity contribution in [2.45, 2.75) is 39.8 Å². The molecule has 0 aliphatic carbocycles. The standard InChI is InChI=1S/C21H26N4O/c1-15-10-16(2)12-19(11-15)24-21(22)23-13-17-6-3-4-7-18(17)14-25-9-5-8-20(25)26/h3-4,6-7,10-12H,5,8-9,13-14H2,1-2H3,(H3,22,23,24). The molecule has 0 aromatic heterocycles. The minimum atomic E-state index is 0.235. The first-order valence-corrected chi connectivity index (χ1v) is 9.01. The van der Waals surface area contributed by atoms with Crippen molar-refractivity contribution in [2.75, 3.05) is 11.9 Å². The molecule has 1 aliphatic rings. The zero-order valence-electron chi connectivity index (χ0n) is 15.5. The van der Waals surface area contributed by atoms with Gasteiger partial charge in [0.1, 0.15) is 0 Å². The summed E-state index contributed by atoms with van der Waals surface area (Å²) in [5.41, 5.74) is 11.6. The smallest absolute Gasteiger partial charge is 0.222 e. The van der Waals surface area contributed by atoms with E-state index in [9.17, 15) is 4.79 Å². The fourth-order valence-electron chi connectivity index (χ4n) is 3.35. The first-order chi connectivity index (χ1) is 12.5. The molecule has 0 unspecified atom stereocenters. The predicted molar refractivity (Wildman–Crippen MR) is 106 cm³/mol. The topological polar surface area (TPSA) is 70.7 Å². The van der Waals surface area contributed by atoms with Crippen LogP contribution in [0.4, 0.5) is 5.69 Å². The summed E-state index contributed by atoms with van der Waals surface area (Å²) in [6, 6.07) is 14.3. The number of aliphatic imine (C=N–C) groups is 1. The van der Waals surface area contributed by atoms with Gasteiger partial charge in [-0.2, -0.15) is 0 Å². The van der Waals surface area contributed by atoms with Gasteiger partial charge in [0.2, 0.25) is 5.91 Å². The van der Waals surface area contributed by atoms with E-state index in [0.29, 0.717) is 25.5 Å². The van der Waals surface area contributed by atoms with Gasteiger partial charge in [0.05, 0.1) is 6.54 Å². The fourth-order valence-corrected chi connectivity index (χ4v) is 3.35. The van der Waals surface area contributed by atoms with Crippen molar-refractivity contribution in [1.82, 2.24) is 4.90 Å². The highest BCUT2D eigenvalue weighted by Gasteiger charge is 2.20. The summed E-state index contributed by atoms with van der Waals surface area (Å²) >= 11 is 0. The fraction of sp³-hybridized carbons (Fsp3) is 0.333. The van der Waals surface area contributed by atoms with Crippen LogP contribution in [0.15, 0.2) is 47.5 Å². The van der Waals surface area contributed by atoms with E-state index in [1.54, 1.807) is 0 Å². The number of carbonyl (C=O) groups is 1. The van der Waals surface area contributed by atoms with Gasteiger partial charge in [-0.3, -0.25) is 4.79 Å². The summed E-state index contributed by atoms with van der Waals surface area (Å²) in [5.74, 6) is 0.626. The zero-order valence-corrected chi connectivity index (χ0v) is 15.5. The second kappa shape index (κ2) is 8.04. The van der Waals surface area contributed by atoms with E-state index in [-0.39, 0.29) is 5.91 Å². The van der Waals surface area contributed by atoms with Crippen molar-refractivity contribution in [2.24, 2.45) is 10.7 Å². The molecule has 0 atom stereocenters. The maximum absolute atomic E-state index is 11.9. The molecule has 5 heteroatoms. The van der Waals surface area contributed by atoms with Crippen molar-refractivity contribution in [3.8, 4) is 0 Å². The Hall–Kier alpha value is -2.82. The Morgan fingerprint density at radius 3 is 2.50 bits per heavy atom. The van der Waals surface area contributed by atoms with Crippen molar-refractivity contribution < 1.29 is 4.79 Å². The summed E-state index contributed by atoms with van der Waals surface area (Å²) in [5, 5.41) is 3.16. The largest absolute Gasteiger partial charge is 0.370 e. The Morgan fingerprint density at radius 1 is 1.15 bits per heavy atom. The van der Waals surface area contributed by atoms with E-state index >= 15 is 0 Å². The average Bonchev–Trinajstić information content (AvgIpc) is 2.98. The summed E-state index contributed by atoms with van der Waals surface area (Å²) in [4.78, 5) is 18.3. The van der Waals surface area contributed by atoms with Gasteiger partial charge < -0.3 is 16.0 Å². The van der Waals surface area contributed by atoms with Crippen LogP contribution in [0.1, 0.15) is 35.1 Å². The quantitative estimate of drug-likeness (QED) is 0.642. The molecule has 1 saturated heterocycles. The Kier molecular flexibility index (Phi) is 5.56. The van der Waals surface area contributed by atoms with E-state index in [1.165, 1.54) is 11.1 Å². The van der Waals surface area contributed by atoms with Crippen LogP contribution in [0.25, 0.3) is 0 Å². The molecular formula is C21H26N4O. The number of nitrogens with one attached hydrogen (secondary N) is 1. The Balaban J connectivity index is 1.68. The average molecular weight is 350 g/mol. The van der Waals surface area contributed by atoms with Gasteiger partial charge in [-0.15, -0.1) is 0 Å². The molecule has 0 saturated carbocycles. The van der Waals surface area contributed by atoms with Crippen LogP contribution < -0.4 is 11.1 Å². The third-order valence-corrected chi connectivity index (χ3v) is 4.56. The second-order valence-corrected chi connectivity index (χ2v) is 6.89. The van der Waals surface area contributed by atoms with Crippen LogP contribution >= 0.6 is 0 Å². The van der Waals surface area contributed by atoms with Gasteiger partial charge in [0.25, 0.3) is 0 Å². The maximum atomic E-state index is 11.9. The number of hydrogen-bond donors (Lipinski definition) is 2. The number of hydrogen-bond acceptors (Lipinski definition) is 2. The SMILES string of the molecule is Cc1cc(C)cc(NC(N)=NCc2ccccc2CN2CCCC2=O)c1. The normalized spacial score (nSPS) is 14.8. The highest BCUT2D eigenvalue weighted by Crippen LogP contribution is 2.18. The lowest BCUT2D eigenvalue weighted by Crippen LogP contribution is -2.25. The molecule has 2 aromatic rings. The van der Waals surface area contributed by atoms with Crippen LogP contribution in [0, 0.1) is 13.8 Å². The number of likely N-dealkylation sites (tertiary alicyclic amines) is 1. The maximum Gasteiger partial charge on any atom is 0.222 e. The lowest BCUT2D eigenvalue weighted by atomic mass is 10.1. The van der Waals surface area contributed by atoms with E-state index in [1.807, 2.05) is 35.2 Å². The van der Waals surface area contributed by atoms with Gasteiger partial charge >= 0.3 is 0 Å². The number of anilines is 1. The molecule has 136 valence electrons. The molecule has 0 bridgehead atoms. The van der Waals surface area contributed by atoms with Crippen molar-refractivity contribution >= 4 is 17.6 Å². The molecular weight excluding hydrogens is 324 g/mol. The van der Waals surface area contributed by atoms with Gasteiger partial charge in [0, 0.05) is 25.2 Å². The molecule has 1 fully saturated rings. The number of benzene rings is 2. The molecule has 1 aliphatic heterocycles. The lowest BCUT2D eigenvalue weighted by Gasteiger charge is -2.17. The minimum absolute atomic E-state index is 0.235. The molecule has 0 spiro atoms. The van der Waals surface area contributed by atoms with E-state index < -0.39 is 0 Å². The Morgan fingerprint density at radius 2 is 1.85 bits per heavy atom. The first kappa shape index (κ1) is 18.0. The number of nitrogens with two attached hydrogens (primary N) is 1. The van der Waals surface area contributed by atoms with Crippen LogP contribution in [-0.2, 0) is 17.9 Å². The number of aryl methyl sites for hydroxylation is 2. The molecule has 5 nitrogen and oxygen atoms in total. The first-order valence-electron chi connectivity index (χ1n) is 9.01. The Labute approximate surface area is 154 Å². The van der Waals surface area contributed by atoms with Gasteiger partial charge in [0.15, 0.2) is 5.96 Å². The lowest BCUT2D eigenvalue weighted by molar-refractivity contribution is -0.128. The molecule has 3 N–H and O–H groups in total. The number of rotatable bonds is 5. The molecule has 3 rings (SSSR count). The van der Waals surface area contributed by atoms with Crippen molar-refractivity contribution in [3.63, 3.8) is 0 Å². The van der Waals surface area contributed by atoms with E-state index in [4.69, 9.17) is 5.73 Å². The molecule has 0 radical (unpaired) electrons. The summed E-state index contributed by atoms with van der Waals surface area (Å²) in [7, 11) is 0. The van der Waals surface area contributed by atoms with E-state index in [2.05, 4.69) is 36.3 Å². The molecule has 1 amide bonds. The van der Waals surface area contributed by atoms with Gasteiger partial charge in [-0.05, 0) is 54.7 Å². The predicted octanol–water partition coefficient (Wildman–Crippen LogP) is 3.35. The van der Waals surface area contributed by atoms with E-state index in [0.717, 1.165) is 29.8 Å². The van der Waals surface area contributed by atoms with Gasteiger partial charge in [-0.25, -0.2) is 4.99 Å². The third kappa shape index (κ3) is 4.63. The third-order valence-electron chi connectivity index (χ3n) is 4.56. The highest BCUT2D eigenvalue weighted by atomic mass is 16.2.